The van der Waals surface area contributed by atoms with Crippen LogP contribution in [0.1, 0.15) is 45.6 Å². The lowest BCUT2D eigenvalue weighted by atomic mass is 10.00. The van der Waals surface area contributed by atoms with E-state index in [1.54, 1.807) is 6.20 Å². The second-order valence-corrected chi connectivity index (χ2v) is 8.11. The SMILES string of the molecule is CCCCOC(=O)N(C(=O)[C@@H](N)CC(C)C)[C@@H](Cc1c[nH]c2ccccc12)C(=O)NC. The number of amides is 3. The molecule has 1 heterocycles. The number of aromatic nitrogens is 1. The summed E-state index contributed by atoms with van der Waals surface area (Å²) in [5.41, 5.74) is 7.85. The van der Waals surface area contributed by atoms with Crippen LogP contribution in [0.2, 0.25) is 0 Å². The van der Waals surface area contributed by atoms with Crippen LogP contribution in [-0.4, -0.2) is 53.5 Å². The number of nitrogens with two attached hydrogens (primary N) is 1. The Morgan fingerprint density at radius 2 is 1.94 bits per heavy atom. The molecular formula is C23H34N4O4. The first-order valence-corrected chi connectivity index (χ1v) is 10.8. The van der Waals surface area contributed by atoms with Gasteiger partial charge in [0.1, 0.15) is 6.04 Å². The minimum atomic E-state index is -1.08. The van der Waals surface area contributed by atoms with E-state index in [4.69, 9.17) is 10.5 Å². The number of carbonyl (C=O) groups excluding carboxylic acids is 3. The van der Waals surface area contributed by atoms with Gasteiger partial charge >= 0.3 is 6.09 Å². The molecule has 1 aromatic carbocycles. The van der Waals surface area contributed by atoms with Crippen molar-refractivity contribution in [2.75, 3.05) is 13.7 Å². The van der Waals surface area contributed by atoms with Gasteiger partial charge in [0.05, 0.1) is 12.6 Å². The van der Waals surface area contributed by atoms with Gasteiger partial charge in [0, 0.05) is 30.6 Å². The maximum absolute atomic E-state index is 13.2. The Bertz CT molecular complexity index is 893. The molecule has 0 saturated carbocycles. The number of carbonyl (C=O) groups is 3. The number of H-pyrrole nitrogens is 1. The lowest BCUT2D eigenvalue weighted by Gasteiger charge is -2.30. The Morgan fingerprint density at radius 3 is 2.58 bits per heavy atom. The first kappa shape index (κ1) is 24.4. The number of nitrogens with zero attached hydrogens (tertiary/aromatic N) is 1. The molecule has 0 aliphatic heterocycles. The average Bonchev–Trinajstić information content (AvgIpc) is 3.15. The van der Waals surface area contributed by atoms with Gasteiger partial charge in [-0.1, -0.05) is 45.4 Å². The number of rotatable bonds is 10. The van der Waals surface area contributed by atoms with Gasteiger partial charge in [-0.25, -0.2) is 9.69 Å². The predicted octanol–water partition coefficient (Wildman–Crippen LogP) is 2.96. The Kier molecular flexibility index (Phi) is 9.05. The van der Waals surface area contributed by atoms with Crippen LogP contribution >= 0.6 is 0 Å². The quantitative estimate of drug-likeness (QED) is 0.501. The number of imide groups is 1. The van der Waals surface area contributed by atoms with Gasteiger partial charge in [0.15, 0.2) is 0 Å². The summed E-state index contributed by atoms with van der Waals surface area (Å²) in [4.78, 5) is 43.1. The number of hydrogen-bond acceptors (Lipinski definition) is 5. The molecule has 0 unspecified atom stereocenters. The Hall–Kier alpha value is -2.87. The maximum atomic E-state index is 13.2. The molecule has 0 radical (unpaired) electrons. The highest BCUT2D eigenvalue weighted by Crippen LogP contribution is 2.22. The van der Waals surface area contributed by atoms with Crippen molar-refractivity contribution in [3.05, 3.63) is 36.0 Å². The van der Waals surface area contributed by atoms with Crippen molar-refractivity contribution in [3.8, 4) is 0 Å². The van der Waals surface area contributed by atoms with Gasteiger partial charge in [-0.3, -0.25) is 9.59 Å². The summed E-state index contributed by atoms with van der Waals surface area (Å²) in [5, 5.41) is 3.50. The number of hydrogen-bond donors (Lipinski definition) is 3. The number of nitrogens with one attached hydrogen (secondary N) is 2. The lowest BCUT2D eigenvalue weighted by Crippen LogP contribution is -2.57. The molecule has 0 aliphatic carbocycles. The number of ether oxygens (including phenoxy) is 1. The molecule has 0 saturated heterocycles. The topological polar surface area (TPSA) is 118 Å². The Labute approximate surface area is 183 Å². The van der Waals surface area contributed by atoms with Crippen LogP contribution in [0.25, 0.3) is 10.9 Å². The normalized spacial score (nSPS) is 13.1. The number of unbranched alkanes of at least 4 members (excludes halogenated alkanes) is 1. The molecular weight excluding hydrogens is 396 g/mol. The van der Waals surface area contributed by atoms with Crippen LogP contribution in [0.5, 0.6) is 0 Å². The first-order chi connectivity index (χ1) is 14.8. The summed E-state index contributed by atoms with van der Waals surface area (Å²) >= 11 is 0. The van der Waals surface area contributed by atoms with E-state index < -0.39 is 30.0 Å². The Balaban J connectivity index is 2.40. The third-order valence-corrected chi connectivity index (χ3v) is 5.15. The number of benzene rings is 1. The van der Waals surface area contributed by atoms with Gasteiger partial charge in [0.25, 0.3) is 0 Å². The molecule has 3 amide bonds. The minimum absolute atomic E-state index is 0.146. The molecule has 31 heavy (non-hydrogen) atoms. The summed E-state index contributed by atoms with van der Waals surface area (Å²) in [6.07, 6.45) is 2.99. The highest BCUT2D eigenvalue weighted by atomic mass is 16.6. The van der Waals surface area contributed by atoms with E-state index in [0.717, 1.165) is 27.8 Å². The second kappa shape index (κ2) is 11.5. The van der Waals surface area contributed by atoms with Crippen LogP contribution in [0, 0.1) is 5.92 Å². The number of aromatic amines is 1. The zero-order valence-corrected chi connectivity index (χ0v) is 18.8. The zero-order chi connectivity index (χ0) is 23.0. The molecule has 2 aromatic rings. The molecule has 0 fully saturated rings. The van der Waals surface area contributed by atoms with Crippen LogP contribution < -0.4 is 11.1 Å². The Morgan fingerprint density at radius 1 is 1.23 bits per heavy atom. The van der Waals surface area contributed by atoms with Crippen molar-refractivity contribution in [2.24, 2.45) is 11.7 Å². The van der Waals surface area contributed by atoms with Gasteiger partial charge in [-0.05, 0) is 30.4 Å². The fourth-order valence-corrected chi connectivity index (χ4v) is 3.51. The van der Waals surface area contributed by atoms with Crippen molar-refractivity contribution < 1.29 is 19.1 Å². The highest BCUT2D eigenvalue weighted by Gasteiger charge is 2.38. The smallest absolute Gasteiger partial charge is 0.417 e. The van der Waals surface area contributed by atoms with Crippen molar-refractivity contribution in [1.82, 2.24) is 15.2 Å². The predicted molar refractivity (Wildman–Crippen MR) is 120 cm³/mol. The molecule has 0 bridgehead atoms. The van der Waals surface area contributed by atoms with E-state index in [-0.39, 0.29) is 18.9 Å². The summed E-state index contributed by atoms with van der Waals surface area (Å²) in [6, 6.07) is 5.67. The fraction of sp³-hybridized carbons (Fsp3) is 0.522. The standard InChI is InChI=1S/C23H34N4O4/c1-5-6-11-31-23(30)27(22(29)18(24)12-15(2)3)20(21(28)25-4)13-16-14-26-19-10-8-7-9-17(16)19/h7-10,14-15,18,20,26H,5-6,11-13,24H2,1-4H3,(H,25,28)/t18-,20-/m0/s1. The summed E-state index contributed by atoms with van der Waals surface area (Å²) < 4.78 is 5.33. The van der Waals surface area contributed by atoms with E-state index in [1.807, 2.05) is 45.0 Å². The number of likely N-dealkylation sites (N-methyl/N-ethyl adjacent to an activating group) is 1. The van der Waals surface area contributed by atoms with Crippen LogP contribution in [0.4, 0.5) is 4.79 Å². The molecule has 170 valence electrons. The number of para-hydroxylation sites is 1. The van der Waals surface area contributed by atoms with Crippen LogP contribution in [0.15, 0.2) is 30.5 Å². The average molecular weight is 431 g/mol. The van der Waals surface area contributed by atoms with Crippen molar-refractivity contribution >= 4 is 28.8 Å². The third-order valence-electron chi connectivity index (χ3n) is 5.15. The van der Waals surface area contributed by atoms with E-state index in [2.05, 4.69) is 10.3 Å². The molecule has 0 aliphatic rings. The summed E-state index contributed by atoms with van der Waals surface area (Å²) in [7, 11) is 1.48. The molecule has 4 N–H and O–H groups in total. The first-order valence-electron chi connectivity index (χ1n) is 10.8. The summed E-state index contributed by atoms with van der Waals surface area (Å²) in [6.45, 7) is 6.03. The highest BCUT2D eigenvalue weighted by molar-refractivity contribution is 6.00. The van der Waals surface area contributed by atoms with Crippen molar-refractivity contribution in [3.63, 3.8) is 0 Å². The number of fused-ring (bicyclic) bond motifs is 1. The van der Waals surface area contributed by atoms with Gasteiger partial charge in [-0.15, -0.1) is 0 Å². The zero-order valence-electron chi connectivity index (χ0n) is 18.8. The minimum Gasteiger partial charge on any atom is -0.449 e. The van der Waals surface area contributed by atoms with Gasteiger partial charge in [0.2, 0.25) is 11.8 Å². The molecule has 2 rings (SSSR count). The van der Waals surface area contributed by atoms with Crippen molar-refractivity contribution in [1.29, 1.82) is 0 Å². The molecule has 2 atom stereocenters. The van der Waals surface area contributed by atoms with E-state index >= 15 is 0 Å². The molecule has 8 heteroatoms. The monoisotopic (exact) mass is 430 g/mol. The van der Waals surface area contributed by atoms with E-state index in [0.29, 0.717) is 12.8 Å². The fourth-order valence-electron chi connectivity index (χ4n) is 3.51. The van der Waals surface area contributed by atoms with E-state index in [1.165, 1.54) is 7.05 Å². The van der Waals surface area contributed by atoms with Crippen LogP contribution in [0.3, 0.4) is 0 Å². The van der Waals surface area contributed by atoms with Gasteiger partial charge in [-0.2, -0.15) is 0 Å². The van der Waals surface area contributed by atoms with Gasteiger partial charge < -0.3 is 20.8 Å². The van der Waals surface area contributed by atoms with Crippen LogP contribution in [-0.2, 0) is 20.7 Å². The second-order valence-electron chi connectivity index (χ2n) is 8.11. The largest absolute Gasteiger partial charge is 0.449 e. The van der Waals surface area contributed by atoms with Crippen molar-refractivity contribution in [2.45, 2.75) is 58.5 Å². The third kappa shape index (κ3) is 6.30. The molecule has 8 nitrogen and oxygen atoms in total. The maximum Gasteiger partial charge on any atom is 0.417 e. The van der Waals surface area contributed by atoms with E-state index in [9.17, 15) is 14.4 Å². The molecule has 1 aromatic heterocycles. The lowest BCUT2D eigenvalue weighted by molar-refractivity contribution is -0.139. The summed E-state index contributed by atoms with van der Waals surface area (Å²) in [5.74, 6) is -0.907. The molecule has 0 spiro atoms.